The number of hydrogen-bond acceptors (Lipinski definition) is 3. The van der Waals surface area contributed by atoms with Gasteiger partial charge in [-0.3, -0.25) is 4.79 Å². The molecule has 1 atom stereocenters. The smallest absolute Gasteiger partial charge is 0.256 e. The molecule has 1 N–H and O–H groups in total. The Labute approximate surface area is 127 Å². The topological polar surface area (TPSA) is 41.6 Å². The molecule has 1 aliphatic carbocycles. The van der Waals surface area contributed by atoms with Crippen molar-refractivity contribution >= 4 is 11.6 Å². The Balaban J connectivity index is 2.24. The summed E-state index contributed by atoms with van der Waals surface area (Å²) >= 11 is 0. The van der Waals surface area contributed by atoms with Crippen LogP contribution in [0.25, 0.3) is 0 Å². The van der Waals surface area contributed by atoms with Gasteiger partial charge in [0.05, 0.1) is 12.2 Å². The molecular weight excluding hydrogens is 264 g/mol. The molecule has 21 heavy (non-hydrogen) atoms. The van der Waals surface area contributed by atoms with Crippen LogP contribution >= 0.6 is 0 Å². The van der Waals surface area contributed by atoms with E-state index in [-0.39, 0.29) is 11.9 Å². The number of rotatable bonds is 7. The highest BCUT2D eigenvalue weighted by Crippen LogP contribution is 2.36. The van der Waals surface area contributed by atoms with Gasteiger partial charge in [-0.2, -0.15) is 0 Å². The minimum atomic E-state index is 0.0933. The van der Waals surface area contributed by atoms with Crippen LogP contribution in [-0.4, -0.2) is 44.2 Å². The van der Waals surface area contributed by atoms with E-state index in [1.54, 1.807) is 7.11 Å². The summed E-state index contributed by atoms with van der Waals surface area (Å²) < 4.78 is 5.17. The highest BCUT2D eigenvalue weighted by molar-refractivity contribution is 6.00. The van der Waals surface area contributed by atoms with Crippen LogP contribution < -0.4 is 5.32 Å². The number of carbonyl (C=O) groups excluding carboxylic acids is 1. The number of nitrogens with zero attached hydrogens (tertiary/aromatic N) is 1. The average Bonchev–Trinajstić information content (AvgIpc) is 3.31. The van der Waals surface area contributed by atoms with Crippen LogP contribution in [0.5, 0.6) is 0 Å². The van der Waals surface area contributed by atoms with Crippen LogP contribution in [0.3, 0.4) is 0 Å². The predicted octanol–water partition coefficient (Wildman–Crippen LogP) is 2.92. The molecule has 2 rings (SSSR count). The minimum absolute atomic E-state index is 0.0933. The molecule has 1 aromatic carbocycles. The first-order valence-corrected chi connectivity index (χ1v) is 7.66. The highest BCUT2D eigenvalue weighted by atomic mass is 16.5. The summed E-state index contributed by atoms with van der Waals surface area (Å²) in [5.74, 6) is 0.741. The van der Waals surface area contributed by atoms with Crippen molar-refractivity contribution in [3.05, 3.63) is 29.3 Å². The second-order valence-electron chi connectivity index (χ2n) is 5.87. The second kappa shape index (κ2) is 6.94. The fraction of sp³-hybridized carbons (Fsp3) is 0.588. The molecule has 1 aliphatic rings. The minimum Gasteiger partial charge on any atom is -0.387 e. The zero-order chi connectivity index (χ0) is 15.4. The largest absolute Gasteiger partial charge is 0.387 e. The number of methoxy groups -OCH3 is 1. The average molecular weight is 290 g/mol. The Morgan fingerprint density at radius 1 is 1.48 bits per heavy atom. The Bertz CT molecular complexity index is 498. The second-order valence-corrected chi connectivity index (χ2v) is 5.87. The van der Waals surface area contributed by atoms with E-state index < -0.39 is 0 Å². The molecule has 0 heterocycles. The third-order valence-electron chi connectivity index (χ3n) is 4.27. The Morgan fingerprint density at radius 3 is 2.76 bits per heavy atom. The molecular formula is C17H26N2O2. The molecule has 0 aliphatic heterocycles. The number of benzene rings is 1. The molecule has 4 nitrogen and oxygen atoms in total. The van der Waals surface area contributed by atoms with Gasteiger partial charge in [-0.05, 0) is 50.3 Å². The van der Waals surface area contributed by atoms with Crippen molar-refractivity contribution < 1.29 is 9.53 Å². The van der Waals surface area contributed by atoms with E-state index in [4.69, 9.17) is 4.74 Å². The number of anilines is 1. The van der Waals surface area contributed by atoms with Gasteiger partial charge in [-0.25, -0.2) is 0 Å². The van der Waals surface area contributed by atoms with Crippen molar-refractivity contribution in [3.8, 4) is 0 Å². The van der Waals surface area contributed by atoms with E-state index in [0.29, 0.717) is 19.1 Å². The summed E-state index contributed by atoms with van der Waals surface area (Å²) in [6, 6.07) is 6.20. The molecule has 1 fully saturated rings. The number of amides is 1. The van der Waals surface area contributed by atoms with E-state index >= 15 is 0 Å². The van der Waals surface area contributed by atoms with Crippen molar-refractivity contribution in [2.45, 2.75) is 32.7 Å². The zero-order valence-corrected chi connectivity index (χ0v) is 13.5. The lowest BCUT2D eigenvalue weighted by Gasteiger charge is -2.30. The summed E-state index contributed by atoms with van der Waals surface area (Å²) in [6.45, 7) is 5.40. The van der Waals surface area contributed by atoms with Gasteiger partial charge in [0.2, 0.25) is 0 Å². The summed E-state index contributed by atoms with van der Waals surface area (Å²) in [7, 11) is 3.53. The molecule has 0 spiro atoms. The van der Waals surface area contributed by atoms with E-state index in [1.165, 1.54) is 12.8 Å². The number of aryl methyl sites for hydroxylation is 1. The van der Waals surface area contributed by atoms with Crippen LogP contribution in [0.1, 0.15) is 35.7 Å². The van der Waals surface area contributed by atoms with Crippen molar-refractivity contribution in [1.29, 1.82) is 0 Å². The standard InChI is InChI=1S/C17H26N2O2/c1-12-5-8-15(16(11-12)18-3)17(20)19(9-10-21-4)13(2)14-6-7-14/h5,8,11,13-14,18H,6-7,9-10H2,1-4H3. The molecule has 0 radical (unpaired) electrons. The van der Waals surface area contributed by atoms with Crippen LogP contribution in [-0.2, 0) is 4.74 Å². The van der Waals surface area contributed by atoms with E-state index in [1.807, 2.05) is 37.1 Å². The Hall–Kier alpha value is -1.55. The molecule has 1 saturated carbocycles. The molecule has 116 valence electrons. The number of hydrogen-bond donors (Lipinski definition) is 1. The first-order chi connectivity index (χ1) is 10.1. The van der Waals surface area contributed by atoms with Crippen molar-refractivity contribution in [1.82, 2.24) is 4.90 Å². The van der Waals surface area contributed by atoms with Gasteiger partial charge in [0, 0.05) is 32.4 Å². The summed E-state index contributed by atoms with van der Waals surface area (Å²) in [4.78, 5) is 14.9. The SMILES string of the molecule is CNc1cc(C)ccc1C(=O)N(CCOC)C(C)C1CC1. The first-order valence-electron chi connectivity index (χ1n) is 7.66. The summed E-state index contributed by atoms with van der Waals surface area (Å²) in [5, 5.41) is 3.13. The molecule has 1 unspecified atom stereocenters. The van der Waals surface area contributed by atoms with Gasteiger partial charge in [0.15, 0.2) is 0 Å². The Kier molecular flexibility index (Phi) is 5.23. The van der Waals surface area contributed by atoms with Gasteiger partial charge in [0.25, 0.3) is 5.91 Å². The molecule has 0 saturated heterocycles. The molecule has 1 amide bonds. The highest BCUT2D eigenvalue weighted by Gasteiger charge is 2.34. The van der Waals surface area contributed by atoms with E-state index in [9.17, 15) is 4.79 Å². The van der Waals surface area contributed by atoms with Crippen molar-refractivity contribution in [2.75, 3.05) is 32.6 Å². The molecule has 0 aromatic heterocycles. The summed E-state index contributed by atoms with van der Waals surface area (Å²) in [6.07, 6.45) is 2.45. The fourth-order valence-corrected chi connectivity index (χ4v) is 2.72. The third-order valence-corrected chi connectivity index (χ3v) is 4.27. The van der Waals surface area contributed by atoms with Crippen LogP contribution in [0.4, 0.5) is 5.69 Å². The van der Waals surface area contributed by atoms with Gasteiger partial charge in [-0.1, -0.05) is 6.07 Å². The lowest BCUT2D eigenvalue weighted by molar-refractivity contribution is 0.0595. The van der Waals surface area contributed by atoms with Gasteiger partial charge < -0.3 is 15.0 Å². The maximum Gasteiger partial charge on any atom is 0.256 e. The van der Waals surface area contributed by atoms with Gasteiger partial charge in [-0.15, -0.1) is 0 Å². The Morgan fingerprint density at radius 2 is 2.19 bits per heavy atom. The number of nitrogens with one attached hydrogen (secondary N) is 1. The quantitative estimate of drug-likeness (QED) is 0.839. The normalized spacial score (nSPS) is 15.6. The predicted molar refractivity (Wildman–Crippen MR) is 85.8 cm³/mol. The van der Waals surface area contributed by atoms with Crippen LogP contribution in [0, 0.1) is 12.8 Å². The molecule has 0 bridgehead atoms. The van der Waals surface area contributed by atoms with Gasteiger partial charge >= 0.3 is 0 Å². The lowest BCUT2D eigenvalue weighted by atomic mass is 10.1. The number of carbonyl (C=O) groups is 1. The first kappa shape index (κ1) is 15.8. The van der Waals surface area contributed by atoms with Crippen molar-refractivity contribution in [3.63, 3.8) is 0 Å². The van der Waals surface area contributed by atoms with E-state index in [0.717, 1.165) is 16.8 Å². The monoisotopic (exact) mass is 290 g/mol. The molecule has 1 aromatic rings. The van der Waals surface area contributed by atoms with Crippen LogP contribution in [0.2, 0.25) is 0 Å². The lowest BCUT2D eigenvalue weighted by Crippen LogP contribution is -2.42. The fourth-order valence-electron chi connectivity index (χ4n) is 2.72. The van der Waals surface area contributed by atoms with Crippen LogP contribution in [0.15, 0.2) is 18.2 Å². The maximum atomic E-state index is 12.9. The molecule has 4 heteroatoms. The third kappa shape index (κ3) is 3.76. The number of ether oxygens (including phenoxy) is 1. The summed E-state index contributed by atoms with van der Waals surface area (Å²) in [5.41, 5.74) is 2.78. The van der Waals surface area contributed by atoms with Crippen molar-refractivity contribution in [2.24, 2.45) is 5.92 Å². The maximum absolute atomic E-state index is 12.9. The van der Waals surface area contributed by atoms with E-state index in [2.05, 4.69) is 12.2 Å². The van der Waals surface area contributed by atoms with Gasteiger partial charge in [0.1, 0.15) is 0 Å². The zero-order valence-electron chi connectivity index (χ0n) is 13.5.